The summed E-state index contributed by atoms with van der Waals surface area (Å²) in [4.78, 5) is 19.8. The summed E-state index contributed by atoms with van der Waals surface area (Å²) in [5, 5.41) is 5.34. The molecule has 1 aromatic heterocycles. The number of likely N-dealkylation sites (tertiary alicyclic amines) is 1. The molecule has 1 saturated heterocycles. The van der Waals surface area contributed by atoms with Crippen LogP contribution in [-0.2, 0) is 5.75 Å². The fraction of sp³-hybridized carbons (Fsp3) is 0.583. The molecule has 2 aliphatic rings. The van der Waals surface area contributed by atoms with Crippen LogP contribution in [0.25, 0.3) is 0 Å². The smallest absolute Gasteiger partial charge is 0.251 e. The number of hydrogen-bond acceptors (Lipinski definition) is 5. The molecule has 1 aliphatic heterocycles. The number of aryl methyl sites for hydroxylation is 1. The number of hydrogen-bond donors (Lipinski definition) is 1. The standard InChI is InChI=1S/C24H33N3OS2/c1-18-16-29-24(25-18)30-17-20-7-9-21(10-8-20)23(28)26-22-11-13-27(14-12-22)15-19-5-3-2-4-6-19/h7-10,16,19,22H,2-6,11-15,17H2,1H3,(H,26,28). The predicted molar refractivity (Wildman–Crippen MR) is 126 cm³/mol. The number of aromatic nitrogens is 1. The number of piperidine rings is 1. The minimum atomic E-state index is 0.0653. The van der Waals surface area contributed by atoms with E-state index in [1.165, 1.54) is 44.2 Å². The number of thiazole rings is 1. The van der Waals surface area contributed by atoms with Gasteiger partial charge >= 0.3 is 0 Å². The second-order valence-electron chi connectivity index (χ2n) is 8.79. The molecule has 1 N–H and O–H groups in total. The van der Waals surface area contributed by atoms with E-state index in [1.54, 1.807) is 23.1 Å². The topological polar surface area (TPSA) is 45.2 Å². The zero-order chi connectivity index (χ0) is 20.8. The minimum absolute atomic E-state index is 0.0653. The highest BCUT2D eigenvalue weighted by molar-refractivity contribution is 8.00. The molecule has 0 bridgehead atoms. The first-order valence-electron chi connectivity index (χ1n) is 11.3. The molecule has 0 spiro atoms. The Morgan fingerprint density at radius 3 is 2.53 bits per heavy atom. The molecule has 30 heavy (non-hydrogen) atoms. The molecule has 162 valence electrons. The van der Waals surface area contributed by atoms with Crippen LogP contribution in [-0.4, -0.2) is 41.5 Å². The van der Waals surface area contributed by atoms with Crippen LogP contribution in [0.5, 0.6) is 0 Å². The van der Waals surface area contributed by atoms with E-state index in [-0.39, 0.29) is 5.91 Å². The molecule has 0 unspecified atom stereocenters. The highest BCUT2D eigenvalue weighted by atomic mass is 32.2. The Morgan fingerprint density at radius 2 is 1.87 bits per heavy atom. The average Bonchev–Trinajstić information content (AvgIpc) is 3.20. The van der Waals surface area contributed by atoms with Crippen molar-refractivity contribution in [2.45, 2.75) is 68.0 Å². The van der Waals surface area contributed by atoms with Gasteiger partial charge in [-0.05, 0) is 56.2 Å². The SMILES string of the molecule is Cc1csc(SCc2ccc(C(=O)NC3CCN(CC4CCCCC4)CC3)cc2)n1. The number of nitrogens with one attached hydrogen (secondary N) is 1. The molecule has 0 atom stereocenters. The maximum Gasteiger partial charge on any atom is 0.251 e. The van der Waals surface area contributed by atoms with E-state index in [1.807, 2.05) is 19.1 Å². The second kappa shape index (κ2) is 10.8. The number of benzene rings is 1. The average molecular weight is 444 g/mol. The van der Waals surface area contributed by atoms with E-state index in [2.05, 4.69) is 32.7 Å². The van der Waals surface area contributed by atoms with E-state index in [9.17, 15) is 4.79 Å². The van der Waals surface area contributed by atoms with Gasteiger partial charge < -0.3 is 10.2 Å². The number of nitrogens with zero attached hydrogens (tertiary/aromatic N) is 2. The van der Waals surface area contributed by atoms with Crippen molar-refractivity contribution in [3.63, 3.8) is 0 Å². The van der Waals surface area contributed by atoms with Crippen LogP contribution in [0.4, 0.5) is 0 Å². The van der Waals surface area contributed by atoms with E-state index >= 15 is 0 Å². The molecule has 1 aliphatic carbocycles. The molecule has 4 nitrogen and oxygen atoms in total. The Bertz CT molecular complexity index is 806. The molecule has 1 aromatic carbocycles. The Labute approximate surface area is 188 Å². The third-order valence-corrected chi connectivity index (χ3v) is 8.55. The summed E-state index contributed by atoms with van der Waals surface area (Å²) in [7, 11) is 0. The molecular formula is C24H33N3OS2. The van der Waals surface area contributed by atoms with Crippen molar-refractivity contribution in [2.24, 2.45) is 5.92 Å². The Kier molecular flexibility index (Phi) is 7.85. The summed E-state index contributed by atoms with van der Waals surface area (Å²) in [5.41, 5.74) is 3.06. The van der Waals surface area contributed by atoms with E-state index in [4.69, 9.17) is 0 Å². The quantitative estimate of drug-likeness (QED) is 0.573. The van der Waals surface area contributed by atoms with Crippen LogP contribution in [0.15, 0.2) is 34.0 Å². The fourth-order valence-corrected chi connectivity index (χ4v) is 6.36. The zero-order valence-corrected chi connectivity index (χ0v) is 19.6. The fourth-order valence-electron chi connectivity index (χ4n) is 4.56. The third-order valence-electron chi connectivity index (χ3n) is 6.34. The molecular weight excluding hydrogens is 410 g/mol. The predicted octanol–water partition coefficient (Wildman–Crippen LogP) is 5.52. The molecule has 1 saturated carbocycles. The van der Waals surface area contributed by atoms with Crippen molar-refractivity contribution < 1.29 is 4.79 Å². The van der Waals surface area contributed by atoms with Crippen LogP contribution in [0.1, 0.15) is 66.6 Å². The van der Waals surface area contributed by atoms with Gasteiger partial charge in [0.15, 0.2) is 0 Å². The number of thioether (sulfide) groups is 1. The Hall–Kier alpha value is -1.37. The van der Waals surface area contributed by atoms with E-state index in [0.29, 0.717) is 6.04 Å². The number of carbonyl (C=O) groups is 1. The monoisotopic (exact) mass is 443 g/mol. The number of amides is 1. The van der Waals surface area contributed by atoms with Gasteiger partial charge in [0.05, 0.1) is 0 Å². The lowest BCUT2D eigenvalue weighted by molar-refractivity contribution is 0.0901. The van der Waals surface area contributed by atoms with Crippen LogP contribution < -0.4 is 5.32 Å². The largest absolute Gasteiger partial charge is 0.349 e. The van der Waals surface area contributed by atoms with Crippen molar-refractivity contribution in [3.8, 4) is 0 Å². The first-order valence-corrected chi connectivity index (χ1v) is 13.2. The Balaban J connectivity index is 1.19. The highest BCUT2D eigenvalue weighted by Gasteiger charge is 2.24. The molecule has 1 amide bonds. The maximum absolute atomic E-state index is 12.7. The van der Waals surface area contributed by atoms with Gasteiger partial charge in [-0.3, -0.25) is 4.79 Å². The maximum atomic E-state index is 12.7. The van der Waals surface area contributed by atoms with Crippen LogP contribution in [0.3, 0.4) is 0 Å². The number of carbonyl (C=O) groups excluding carboxylic acids is 1. The summed E-state index contributed by atoms with van der Waals surface area (Å²) in [6.45, 7) is 5.52. The summed E-state index contributed by atoms with van der Waals surface area (Å²) in [6.07, 6.45) is 9.22. The zero-order valence-electron chi connectivity index (χ0n) is 17.9. The molecule has 4 rings (SSSR count). The van der Waals surface area contributed by atoms with Crippen molar-refractivity contribution in [1.29, 1.82) is 0 Å². The van der Waals surface area contributed by atoms with Gasteiger partial charge in [0, 0.05) is 48.1 Å². The van der Waals surface area contributed by atoms with E-state index in [0.717, 1.165) is 53.2 Å². The Morgan fingerprint density at radius 1 is 1.13 bits per heavy atom. The van der Waals surface area contributed by atoms with Crippen molar-refractivity contribution >= 4 is 29.0 Å². The third kappa shape index (κ3) is 6.32. The molecule has 2 aromatic rings. The lowest BCUT2D eigenvalue weighted by atomic mass is 9.88. The normalized spacial score (nSPS) is 19.1. The lowest BCUT2D eigenvalue weighted by Gasteiger charge is -2.35. The molecule has 2 fully saturated rings. The van der Waals surface area contributed by atoms with Crippen LogP contribution in [0.2, 0.25) is 0 Å². The van der Waals surface area contributed by atoms with Crippen molar-refractivity contribution in [2.75, 3.05) is 19.6 Å². The van der Waals surface area contributed by atoms with Gasteiger partial charge in [-0.2, -0.15) is 0 Å². The summed E-state index contributed by atoms with van der Waals surface area (Å²) >= 11 is 3.44. The second-order valence-corrected chi connectivity index (χ2v) is 10.9. The molecule has 6 heteroatoms. The summed E-state index contributed by atoms with van der Waals surface area (Å²) < 4.78 is 1.10. The van der Waals surface area contributed by atoms with Crippen molar-refractivity contribution in [3.05, 3.63) is 46.5 Å². The molecule has 0 radical (unpaired) electrons. The van der Waals surface area contributed by atoms with Crippen LogP contribution >= 0.6 is 23.1 Å². The molecule has 2 heterocycles. The first kappa shape index (κ1) is 21.8. The van der Waals surface area contributed by atoms with Crippen molar-refractivity contribution in [1.82, 2.24) is 15.2 Å². The number of rotatable bonds is 7. The van der Waals surface area contributed by atoms with Crippen LogP contribution in [0, 0.1) is 12.8 Å². The first-order chi connectivity index (χ1) is 14.7. The summed E-state index contributed by atoms with van der Waals surface area (Å²) in [6, 6.07) is 8.35. The van der Waals surface area contributed by atoms with Gasteiger partial charge in [-0.1, -0.05) is 43.2 Å². The van der Waals surface area contributed by atoms with Gasteiger partial charge in [0.1, 0.15) is 4.34 Å². The van der Waals surface area contributed by atoms with E-state index < -0.39 is 0 Å². The minimum Gasteiger partial charge on any atom is -0.349 e. The summed E-state index contributed by atoms with van der Waals surface area (Å²) in [5.74, 6) is 1.85. The lowest BCUT2D eigenvalue weighted by Crippen LogP contribution is -2.45. The van der Waals surface area contributed by atoms with Gasteiger partial charge in [0.25, 0.3) is 5.91 Å². The van der Waals surface area contributed by atoms with Gasteiger partial charge in [-0.25, -0.2) is 4.98 Å². The highest BCUT2D eigenvalue weighted by Crippen LogP contribution is 2.27. The van der Waals surface area contributed by atoms with Gasteiger partial charge in [-0.15, -0.1) is 11.3 Å². The van der Waals surface area contributed by atoms with Gasteiger partial charge in [0.2, 0.25) is 0 Å².